The maximum atomic E-state index is 11.6. The molecule has 0 aliphatic heterocycles. The average molecular weight is 302 g/mol. The molecule has 0 heterocycles. The molecule has 1 unspecified atom stereocenters. The van der Waals surface area contributed by atoms with Gasteiger partial charge in [-0.1, -0.05) is 0 Å². The van der Waals surface area contributed by atoms with Crippen LogP contribution in [0.2, 0.25) is 0 Å². The van der Waals surface area contributed by atoms with Crippen molar-refractivity contribution >= 4 is 33.4 Å². The first-order valence-corrected chi connectivity index (χ1v) is 5.51. The van der Waals surface area contributed by atoms with Crippen LogP contribution >= 0.6 is 15.9 Å². The lowest BCUT2D eigenvalue weighted by Crippen LogP contribution is -2.39. The number of benzene rings is 1. The molecule has 92 valence electrons. The van der Waals surface area contributed by atoms with Gasteiger partial charge in [0.25, 0.3) is 5.91 Å². The van der Waals surface area contributed by atoms with Crippen molar-refractivity contribution in [1.82, 2.24) is 5.32 Å². The molecular weight excluding hydrogens is 290 g/mol. The maximum absolute atomic E-state index is 11.6. The topological polar surface area (TPSA) is 118 Å². The standard InChI is InChI=1S/C10H12BrN3O3/c11-6-3-5(1-2-7(6)12)10(17)14-4-8(15)9(13)16/h1-3,8,15H,4,12H2,(H2,13,16)(H,14,17). The number of carbonyl (C=O) groups excluding carboxylic acids is 2. The Balaban J connectivity index is 2.64. The normalized spacial score (nSPS) is 11.9. The molecule has 17 heavy (non-hydrogen) atoms. The van der Waals surface area contributed by atoms with Crippen LogP contribution in [-0.4, -0.2) is 29.6 Å². The van der Waals surface area contributed by atoms with Crippen LogP contribution in [0.1, 0.15) is 10.4 Å². The van der Waals surface area contributed by atoms with Gasteiger partial charge in [0.05, 0.1) is 6.54 Å². The maximum Gasteiger partial charge on any atom is 0.251 e. The Bertz CT molecular complexity index is 450. The number of carbonyl (C=O) groups is 2. The van der Waals surface area contributed by atoms with E-state index < -0.39 is 17.9 Å². The number of hydrogen-bond donors (Lipinski definition) is 4. The van der Waals surface area contributed by atoms with E-state index in [1.807, 2.05) is 0 Å². The molecule has 0 saturated heterocycles. The number of primary amides is 1. The fraction of sp³-hybridized carbons (Fsp3) is 0.200. The van der Waals surface area contributed by atoms with Gasteiger partial charge in [-0.3, -0.25) is 9.59 Å². The van der Waals surface area contributed by atoms with Crippen molar-refractivity contribution in [3.05, 3.63) is 28.2 Å². The van der Waals surface area contributed by atoms with E-state index in [1.54, 1.807) is 12.1 Å². The summed E-state index contributed by atoms with van der Waals surface area (Å²) in [5.41, 5.74) is 11.3. The second-order valence-corrected chi connectivity index (χ2v) is 4.22. The number of anilines is 1. The summed E-state index contributed by atoms with van der Waals surface area (Å²) in [5.74, 6) is -1.31. The average Bonchev–Trinajstić information content (AvgIpc) is 2.28. The van der Waals surface area contributed by atoms with E-state index in [0.29, 0.717) is 15.7 Å². The largest absolute Gasteiger partial charge is 0.398 e. The van der Waals surface area contributed by atoms with Crippen molar-refractivity contribution in [3.8, 4) is 0 Å². The van der Waals surface area contributed by atoms with Crippen LogP contribution < -0.4 is 16.8 Å². The summed E-state index contributed by atoms with van der Waals surface area (Å²) in [6.07, 6.45) is -1.39. The van der Waals surface area contributed by atoms with Crippen molar-refractivity contribution in [2.75, 3.05) is 12.3 Å². The third-order valence-electron chi connectivity index (χ3n) is 2.05. The molecule has 0 radical (unpaired) electrons. The quantitative estimate of drug-likeness (QED) is 0.566. The van der Waals surface area contributed by atoms with E-state index in [2.05, 4.69) is 21.2 Å². The first-order chi connectivity index (χ1) is 7.91. The van der Waals surface area contributed by atoms with Gasteiger partial charge in [0.1, 0.15) is 6.10 Å². The summed E-state index contributed by atoms with van der Waals surface area (Å²) in [6, 6.07) is 4.65. The van der Waals surface area contributed by atoms with Gasteiger partial charge in [-0.15, -0.1) is 0 Å². The van der Waals surface area contributed by atoms with Crippen molar-refractivity contribution in [3.63, 3.8) is 0 Å². The molecule has 0 aliphatic carbocycles. The van der Waals surface area contributed by atoms with Gasteiger partial charge in [0, 0.05) is 15.7 Å². The Morgan fingerprint density at radius 2 is 2.12 bits per heavy atom. The number of nitrogens with one attached hydrogen (secondary N) is 1. The van der Waals surface area contributed by atoms with Crippen molar-refractivity contribution < 1.29 is 14.7 Å². The van der Waals surface area contributed by atoms with Crippen LogP contribution in [0.15, 0.2) is 22.7 Å². The number of aliphatic hydroxyl groups is 1. The highest BCUT2D eigenvalue weighted by Gasteiger charge is 2.13. The Morgan fingerprint density at radius 3 is 2.65 bits per heavy atom. The molecular formula is C10H12BrN3O3. The SMILES string of the molecule is NC(=O)C(O)CNC(=O)c1ccc(N)c(Br)c1. The lowest BCUT2D eigenvalue weighted by molar-refractivity contribution is -0.125. The van der Waals surface area contributed by atoms with Crippen molar-refractivity contribution in [2.45, 2.75) is 6.10 Å². The highest BCUT2D eigenvalue weighted by Crippen LogP contribution is 2.20. The third-order valence-corrected chi connectivity index (χ3v) is 2.73. The van der Waals surface area contributed by atoms with Gasteiger partial charge >= 0.3 is 0 Å². The molecule has 0 aromatic heterocycles. The van der Waals surface area contributed by atoms with E-state index >= 15 is 0 Å². The van der Waals surface area contributed by atoms with Crippen LogP contribution in [0.5, 0.6) is 0 Å². The Labute approximate surface area is 106 Å². The van der Waals surface area contributed by atoms with Gasteiger partial charge in [0.2, 0.25) is 5.91 Å². The van der Waals surface area contributed by atoms with Gasteiger partial charge in [-0.05, 0) is 34.1 Å². The summed E-state index contributed by atoms with van der Waals surface area (Å²) in [4.78, 5) is 22.1. The summed E-state index contributed by atoms with van der Waals surface area (Å²) in [5, 5.41) is 11.5. The number of rotatable bonds is 4. The van der Waals surface area contributed by atoms with Crippen LogP contribution in [-0.2, 0) is 4.79 Å². The van der Waals surface area contributed by atoms with Gasteiger partial charge in [0.15, 0.2) is 0 Å². The summed E-state index contributed by atoms with van der Waals surface area (Å²) >= 11 is 3.19. The molecule has 6 N–H and O–H groups in total. The highest BCUT2D eigenvalue weighted by atomic mass is 79.9. The fourth-order valence-corrected chi connectivity index (χ4v) is 1.44. The first kappa shape index (κ1) is 13.5. The number of halogens is 1. The summed E-state index contributed by atoms with van der Waals surface area (Å²) < 4.78 is 0.598. The fourth-order valence-electron chi connectivity index (χ4n) is 1.06. The molecule has 1 atom stereocenters. The van der Waals surface area contributed by atoms with E-state index in [0.717, 1.165) is 0 Å². The molecule has 1 aromatic carbocycles. The third kappa shape index (κ3) is 3.72. The number of nitrogen functional groups attached to an aromatic ring is 1. The zero-order valence-corrected chi connectivity index (χ0v) is 10.4. The number of nitrogens with two attached hydrogens (primary N) is 2. The highest BCUT2D eigenvalue weighted by molar-refractivity contribution is 9.10. The molecule has 0 saturated carbocycles. The molecule has 0 fully saturated rings. The van der Waals surface area contributed by atoms with Gasteiger partial charge in [-0.25, -0.2) is 0 Å². The smallest absolute Gasteiger partial charge is 0.251 e. The number of hydrogen-bond acceptors (Lipinski definition) is 4. The Kier molecular flexibility index (Phi) is 4.47. The van der Waals surface area contributed by atoms with E-state index in [4.69, 9.17) is 16.6 Å². The van der Waals surface area contributed by atoms with Crippen molar-refractivity contribution in [2.24, 2.45) is 5.73 Å². The predicted molar refractivity (Wildman–Crippen MR) is 66.1 cm³/mol. The first-order valence-electron chi connectivity index (χ1n) is 4.72. The summed E-state index contributed by atoms with van der Waals surface area (Å²) in [7, 11) is 0. The second kappa shape index (κ2) is 5.65. The summed E-state index contributed by atoms with van der Waals surface area (Å²) in [6.45, 7) is -0.226. The zero-order valence-electron chi connectivity index (χ0n) is 8.81. The number of amides is 2. The second-order valence-electron chi connectivity index (χ2n) is 3.36. The van der Waals surface area contributed by atoms with E-state index in [9.17, 15) is 9.59 Å². The monoisotopic (exact) mass is 301 g/mol. The zero-order chi connectivity index (χ0) is 13.0. The minimum Gasteiger partial charge on any atom is -0.398 e. The Morgan fingerprint density at radius 1 is 1.47 bits per heavy atom. The lowest BCUT2D eigenvalue weighted by atomic mass is 10.2. The van der Waals surface area contributed by atoms with E-state index in [1.165, 1.54) is 6.07 Å². The molecule has 6 nitrogen and oxygen atoms in total. The predicted octanol–water partition coefficient (Wildman–Crippen LogP) is -0.393. The molecule has 0 aliphatic rings. The Hall–Kier alpha value is -1.60. The molecule has 0 bridgehead atoms. The van der Waals surface area contributed by atoms with Crippen LogP contribution in [0.25, 0.3) is 0 Å². The minimum atomic E-state index is -1.39. The van der Waals surface area contributed by atoms with Crippen LogP contribution in [0.4, 0.5) is 5.69 Å². The molecule has 7 heteroatoms. The molecule has 1 rings (SSSR count). The lowest BCUT2D eigenvalue weighted by Gasteiger charge is -2.09. The molecule has 2 amide bonds. The van der Waals surface area contributed by atoms with Crippen molar-refractivity contribution in [1.29, 1.82) is 0 Å². The van der Waals surface area contributed by atoms with Gasteiger partial charge in [-0.2, -0.15) is 0 Å². The van der Waals surface area contributed by atoms with E-state index in [-0.39, 0.29) is 6.54 Å². The minimum absolute atomic E-state index is 0.226. The molecule has 1 aromatic rings. The molecule has 0 spiro atoms. The van der Waals surface area contributed by atoms with Crippen LogP contribution in [0, 0.1) is 0 Å². The number of aliphatic hydroxyl groups excluding tert-OH is 1. The van der Waals surface area contributed by atoms with Gasteiger partial charge < -0.3 is 21.9 Å². The van der Waals surface area contributed by atoms with Crippen LogP contribution in [0.3, 0.4) is 0 Å².